The van der Waals surface area contributed by atoms with Crippen molar-refractivity contribution < 1.29 is 19.1 Å². The summed E-state index contributed by atoms with van der Waals surface area (Å²) in [7, 11) is 0. The molecule has 0 radical (unpaired) electrons. The fourth-order valence-electron chi connectivity index (χ4n) is 1.10. The molecule has 3 N–H and O–H groups in total. The lowest BCUT2D eigenvalue weighted by molar-refractivity contribution is -0.138. The Hall–Kier alpha value is -2.75. The number of rotatable bonds is 6. The molecule has 0 aliphatic heterocycles. The van der Waals surface area contributed by atoms with Crippen molar-refractivity contribution in [2.75, 3.05) is 0 Å². The van der Waals surface area contributed by atoms with Gasteiger partial charge in [0.15, 0.2) is 0 Å². The summed E-state index contributed by atoms with van der Waals surface area (Å²) in [5.74, 6) is -1.13. The molecule has 100 valence electrons. The van der Waals surface area contributed by atoms with Crippen molar-refractivity contribution in [3.63, 3.8) is 0 Å². The van der Waals surface area contributed by atoms with Gasteiger partial charge in [-0.2, -0.15) is 5.26 Å². The maximum Gasteiger partial charge on any atom is 0.325 e. The van der Waals surface area contributed by atoms with E-state index >= 15 is 0 Å². The van der Waals surface area contributed by atoms with Crippen molar-refractivity contribution in [2.24, 2.45) is 0 Å². The average molecular weight is 263 g/mol. The third-order valence-corrected chi connectivity index (χ3v) is 2.22. The predicted octanol–water partition coefficient (Wildman–Crippen LogP) is 0.366. The highest BCUT2D eigenvalue weighted by Gasteiger charge is 2.12. The van der Waals surface area contributed by atoms with Gasteiger partial charge >= 0.3 is 5.97 Å². The number of carboxylic acids is 1. The maximum atomic E-state index is 11.6. The van der Waals surface area contributed by atoms with E-state index in [-0.39, 0.29) is 12.1 Å². The molecule has 0 saturated heterocycles. The molecule has 0 spiro atoms. The number of nitriles is 1. The van der Waals surface area contributed by atoms with Crippen LogP contribution in [0.1, 0.15) is 12.7 Å². The van der Waals surface area contributed by atoms with E-state index in [4.69, 9.17) is 14.8 Å². The predicted molar refractivity (Wildman–Crippen MR) is 64.5 cm³/mol. The second kappa shape index (κ2) is 6.86. The fraction of sp³-hybridized carbons (Fsp3) is 0.250. The second-order valence-corrected chi connectivity index (χ2v) is 3.66. The Morgan fingerprint density at radius 1 is 1.63 bits per heavy atom. The van der Waals surface area contributed by atoms with Crippen molar-refractivity contribution in [1.29, 1.82) is 5.26 Å². The van der Waals surface area contributed by atoms with Crippen LogP contribution < -0.4 is 10.6 Å². The largest absolute Gasteiger partial charge is 0.480 e. The summed E-state index contributed by atoms with van der Waals surface area (Å²) in [4.78, 5) is 22.2. The first-order valence-electron chi connectivity index (χ1n) is 5.44. The molecule has 1 heterocycles. The molecule has 0 aromatic carbocycles. The number of carbonyl (C=O) groups is 2. The number of furan rings is 1. The lowest BCUT2D eigenvalue weighted by Crippen LogP contribution is -2.31. The zero-order chi connectivity index (χ0) is 14.3. The summed E-state index contributed by atoms with van der Waals surface area (Å²) >= 11 is 0. The van der Waals surface area contributed by atoms with Crippen molar-refractivity contribution in [1.82, 2.24) is 10.6 Å². The van der Waals surface area contributed by atoms with E-state index in [9.17, 15) is 9.59 Å². The van der Waals surface area contributed by atoms with Gasteiger partial charge in [-0.15, -0.1) is 0 Å². The third-order valence-electron chi connectivity index (χ3n) is 2.22. The molecule has 1 amide bonds. The van der Waals surface area contributed by atoms with Gasteiger partial charge in [-0.3, -0.25) is 9.59 Å². The third kappa shape index (κ3) is 4.55. The van der Waals surface area contributed by atoms with Crippen LogP contribution in [0, 0.1) is 11.3 Å². The molecule has 0 saturated carbocycles. The van der Waals surface area contributed by atoms with Gasteiger partial charge in [0.05, 0.1) is 12.8 Å². The average Bonchev–Trinajstić information content (AvgIpc) is 2.89. The summed E-state index contributed by atoms with van der Waals surface area (Å²) in [6.45, 7) is 1.55. The zero-order valence-corrected chi connectivity index (χ0v) is 10.2. The number of carboxylic acid groups (broad SMARTS) is 1. The molecule has 19 heavy (non-hydrogen) atoms. The minimum atomic E-state index is -1.08. The highest BCUT2D eigenvalue weighted by Crippen LogP contribution is 2.00. The topological polar surface area (TPSA) is 115 Å². The molecular formula is C12H13N3O4. The van der Waals surface area contributed by atoms with Crippen LogP contribution in [0.15, 0.2) is 34.6 Å². The van der Waals surface area contributed by atoms with E-state index < -0.39 is 17.9 Å². The monoisotopic (exact) mass is 263 g/mol. The minimum Gasteiger partial charge on any atom is -0.480 e. The van der Waals surface area contributed by atoms with Crippen LogP contribution in [0.5, 0.6) is 0 Å². The first kappa shape index (κ1) is 14.3. The number of carbonyl (C=O) groups excluding carboxylic acids is 1. The molecule has 1 unspecified atom stereocenters. The molecule has 1 aromatic heterocycles. The minimum absolute atomic E-state index is 0.152. The van der Waals surface area contributed by atoms with E-state index in [0.29, 0.717) is 5.76 Å². The Kier molecular flexibility index (Phi) is 5.17. The molecule has 1 rings (SSSR count). The number of nitrogens with one attached hydrogen (secondary N) is 2. The second-order valence-electron chi connectivity index (χ2n) is 3.66. The van der Waals surface area contributed by atoms with E-state index in [1.165, 1.54) is 13.2 Å². The van der Waals surface area contributed by atoms with E-state index in [1.54, 1.807) is 18.2 Å². The number of aliphatic carboxylic acids is 1. The Labute approximate surface area is 109 Å². The van der Waals surface area contributed by atoms with Crippen LogP contribution in [-0.2, 0) is 16.1 Å². The van der Waals surface area contributed by atoms with Crippen molar-refractivity contribution in [3.05, 3.63) is 35.9 Å². The highest BCUT2D eigenvalue weighted by molar-refractivity contribution is 5.97. The van der Waals surface area contributed by atoms with Crippen molar-refractivity contribution in [3.8, 4) is 6.07 Å². The standard InChI is InChI=1S/C12H13N3O4/c1-8(12(17)18)14-6-9(5-13)11(16)15-7-10-3-2-4-19-10/h2-4,6,8,14H,7H2,1H3,(H,15,16)(H,17,18)/b9-6-. The van der Waals surface area contributed by atoms with Crippen LogP contribution in [0.3, 0.4) is 0 Å². The Morgan fingerprint density at radius 3 is 2.89 bits per heavy atom. The molecule has 1 aromatic rings. The lowest BCUT2D eigenvalue weighted by atomic mass is 10.2. The molecule has 0 aliphatic carbocycles. The molecular weight excluding hydrogens is 250 g/mol. The Balaban J connectivity index is 2.54. The quantitative estimate of drug-likeness (QED) is 0.504. The lowest BCUT2D eigenvalue weighted by Gasteiger charge is -2.06. The van der Waals surface area contributed by atoms with Crippen molar-refractivity contribution in [2.45, 2.75) is 19.5 Å². The summed E-state index contributed by atoms with van der Waals surface area (Å²) in [5, 5.41) is 22.4. The van der Waals surface area contributed by atoms with Gasteiger partial charge in [0.25, 0.3) is 5.91 Å². The molecule has 7 heteroatoms. The van der Waals surface area contributed by atoms with E-state index in [1.807, 2.05) is 0 Å². The summed E-state index contributed by atoms with van der Waals surface area (Å²) < 4.78 is 5.02. The van der Waals surface area contributed by atoms with Gasteiger partial charge in [0.1, 0.15) is 23.4 Å². The SMILES string of the molecule is CC(N/C=C(/C#N)C(=O)NCc1ccco1)C(=O)O. The smallest absolute Gasteiger partial charge is 0.325 e. The molecule has 7 nitrogen and oxygen atoms in total. The van der Waals surface area contributed by atoms with Crippen LogP contribution in [0.2, 0.25) is 0 Å². The summed E-state index contributed by atoms with van der Waals surface area (Å²) in [6, 6.07) is 4.16. The highest BCUT2D eigenvalue weighted by atomic mass is 16.4. The van der Waals surface area contributed by atoms with Gasteiger partial charge < -0.3 is 20.2 Å². The Morgan fingerprint density at radius 2 is 2.37 bits per heavy atom. The summed E-state index contributed by atoms with van der Waals surface area (Å²) in [6.07, 6.45) is 2.55. The van der Waals surface area contributed by atoms with Crippen LogP contribution in [0.25, 0.3) is 0 Å². The zero-order valence-electron chi connectivity index (χ0n) is 10.2. The van der Waals surface area contributed by atoms with E-state index in [2.05, 4.69) is 10.6 Å². The van der Waals surface area contributed by atoms with Crippen LogP contribution in [-0.4, -0.2) is 23.0 Å². The normalized spacial score (nSPS) is 12.3. The Bertz CT molecular complexity index is 514. The number of amides is 1. The van der Waals surface area contributed by atoms with Gasteiger partial charge in [-0.05, 0) is 19.1 Å². The molecule has 0 bridgehead atoms. The van der Waals surface area contributed by atoms with E-state index in [0.717, 1.165) is 6.20 Å². The number of hydrogen-bond acceptors (Lipinski definition) is 5. The van der Waals surface area contributed by atoms with Gasteiger partial charge in [-0.25, -0.2) is 0 Å². The maximum absolute atomic E-state index is 11.6. The first-order chi connectivity index (χ1) is 9.04. The van der Waals surface area contributed by atoms with Crippen LogP contribution >= 0.6 is 0 Å². The number of hydrogen-bond donors (Lipinski definition) is 3. The number of nitrogens with zero attached hydrogens (tertiary/aromatic N) is 1. The molecule has 0 fully saturated rings. The molecule has 0 aliphatic rings. The fourth-order valence-corrected chi connectivity index (χ4v) is 1.10. The van der Waals surface area contributed by atoms with Gasteiger partial charge in [0.2, 0.25) is 0 Å². The summed E-state index contributed by atoms with van der Waals surface area (Å²) in [5.41, 5.74) is -0.209. The van der Waals surface area contributed by atoms with Crippen molar-refractivity contribution >= 4 is 11.9 Å². The van der Waals surface area contributed by atoms with Gasteiger partial charge in [-0.1, -0.05) is 0 Å². The first-order valence-corrected chi connectivity index (χ1v) is 5.44. The van der Waals surface area contributed by atoms with Crippen LogP contribution in [0.4, 0.5) is 0 Å². The van der Waals surface area contributed by atoms with Gasteiger partial charge in [0, 0.05) is 6.20 Å². The molecule has 1 atom stereocenters.